The molecule has 8 aliphatic carbocycles. The van der Waals surface area contributed by atoms with Crippen LogP contribution in [-0.4, -0.2) is 112 Å². The fourth-order valence-corrected chi connectivity index (χ4v) is 15.3. The van der Waals surface area contributed by atoms with E-state index in [1.807, 2.05) is 41.5 Å². The summed E-state index contributed by atoms with van der Waals surface area (Å²) in [4.78, 5) is 0. The predicted octanol–water partition coefficient (Wildman–Crippen LogP) is 1.98. The summed E-state index contributed by atoms with van der Waals surface area (Å²) in [6.45, 7) is 15.4. The molecule has 2 spiro atoms. The molecule has 10 rings (SSSR count). The molecule has 0 aromatic heterocycles. The summed E-state index contributed by atoms with van der Waals surface area (Å²) in [5.41, 5.74) is -5.60. The molecule has 4 bridgehead atoms. The number of ether oxygens (including phenoxy) is 2. The van der Waals surface area contributed by atoms with E-state index in [0.717, 1.165) is 36.8 Å². The van der Waals surface area contributed by atoms with Crippen LogP contribution >= 0.6 is 0 Å². The number of hydrogen-bond acceptors (Lipinski definition) is 10. The van der Waals surface area contributed by atoms with Crippen LogP contribution in [-0.2, 0) is 9.47 Å². The molecular formula is C40H60O10. The summed E-state index contributed by atoms with van der Waals surface area (Å²) in [5.74, 6) is -1.28. The molecule has 8 N–H and O–H groups in total. The third-order valence-corrected chi connectivity index (χ3v) is 17.8. The molecular weight excluding hydrogens is 640 g/mol. The van der Waals surface area contributed by atoms with Crippen molar-refractivity contribution in [3.63, 3.8) is 0 Å². The lowest BCUT2D eigenvalue weighted by Gasteiger charge is -2.51. The van der Waals surface area contributed by atoms with Gasteiger partial charge in [-0.1, -0.05) is 51.0 Å². The van der Waals surface area contributed by atoms with Crippen molar-refractivity contribution in [2.24, 2.45) is 57.2 Å². The zero-order chi connectivity index (χ0) is 36.3. The number of rotatable bonds is 0. The van der Waals surface area contributed by atoms with Gasteiger partial charge in [-0.3, -0.25) is 0 Å². The zero-order valence-corrected chi connectivity index (χ0v) is 30.9. The first-order valence-corrected chi connectivity index (χ1v) is 19.3. The lowest BCUT2D eigenvalue weighted by molar-refractivity contribution is -0.222. The summed E-state index contributed by atoms with van der Waals surface area (Å²) in [7, 11) is 0. The van der Waals surface area contributed by atoms with Crippen LogP contribution in [0.5, 0.6) is 0 Å². The maximum Gasteiger partial charge on any atom is 0.106 e. The number of epoxide rings is 2. The largest absolute Gasteiger partial charge is 0.392 e. The van der Waals surface area contributed by atoms with E-state index in [-0.39, 0.29) is 48.1 Å². The molecule has 0 aromatic rings. The Labute approximate surface area is 295 Å². The monoisotopic (exact) mass is 700 g/mol. The normalized spacial score (nSPS) is 64.0. The third-order valence-electron chi connectivity index (χ3n) is 17.8. The molecule has 50 heavy (non-hydrogen) atoms. The van der Waals surface area contributed by atoms with Crippen molar-refractivity contribution in [3.05, 3.63) is 23.3 Å². The lowest BCUT2D eigenvalue weighted by Crippen LogP contribution is -2.63. The fraction of sp³-hybridized carbons (Fsp3) is 0.900. The number of fused-ring (bicyclic) bond motifs is 8. The molecule has 2 aliphatic heterocycles. The van der Waals surface area contributed by atoms with Gasteiger partial charge < -0.3 is 50.3 Å². The Kier molecular flexibility index (Phi) is 6.72. The molecule has 2 saturated heterocycles. The third kappa shape index (κ3) is 3.58. The second kappa shape index (κ2) is 9.65. The minimum Gasteiger partial charge on any atom is -0.392 e. The molecule has 20 atom stereocenters. The molecule has 0 amide bonds. The molecule has 0 radical (unpaired) electrons. The van der Waals surface area contributed by atoms with Gasteiger partial charge in [-0.05, 0) is 78.1 Å². The second-order valence-electron chi connectivity index (χ2n) is 20.3. The van der Waals surface area contributed by atoms with E-state index < -0.39 is 80.3 Å². The molecule has 8 fully saturated rings. The van der Waals surface area contributed by atoms with Gasteiger partial charge in [-0.2, -0.15) is 0 Å². The highest BCUT2D eigenvalue weighted by Crippen LogP contribution is 2.73. The Morgan fingerprint density at radius 2 is 0.900 bits per heavy atom. The first kappa shape index (κ1) is 34.8. The van der Waals surface area contributed by atoms with Gasteiger partial charge in [0.25, 0.3) is 0 Å². The van der Waals surface area contributed by atoms with Crippen LogP contribution in [0.4, 0.5) is 0 Å². The van der Waals surface area contributed by atoms with Gasteiger partial charge in [0.1, 0.15) is 11.2 Å². The average molecular weight is 701 g/mol. The van der Waals surface area contributed by atoms with Crippen molar-refractivity contribution >= 4 is 0 Å². The average Bonchev–Trinajstić information content (AvgIpc) is 3.90. The topological polar surface area (TPSA) is 187 Å². The summed E-state index contributed by atoms with van der Waals surface area (Å²) >= 11 is 0. The minimum absolute atomic E-state index is 0.102. The van der Waals surface area contributed by atoms with Gasteiger partial charge in [0.05, 0.1) is 60.0 Å². The van der Waals surface area contributed by atoms with Crippen molar-refractivity contribution in [1.82, 2.24) is 0 Å². The van der Waals surface area contributed by atoms with E-state index in [9.17, 15) is 40.9 Å². The predicted molar refractivity (Wildman–Crippen MR) is 181 cm³/mol. The van der Waals surface area contributed by atoms with Crippen molar-refractivity contribution in [2.45, 2.75) is 165 Å². The smallest absolute Gasteiger partial charge is 0.106 e. The maximum atomic E-state index is 11.8. The molecule has 10 aliphatic rings. The zero-order valence-electron chi connectivity index (χ0n) is 30.9. The maximum absolute atomic E-state index is 11.8. The molecule has 2 heterocycles. The highest BCUT2D eigenvalue weighted by molar-refractivity contribution is 5.37. The Bertz CT molecular complexity index is 1450. The lowest BCUT2D eigenvalue weighted by atomic mass is 9.57. The van der Waals surface area contributed by atoms with Crippen molar-refractivity contribution in [2.75, 3.05) is 0 Å². The van der Waals surface area contributed by atoms with Crippen molar-refractivity contribution < 1.29 is 50.3 Å². The first-order valence-electron chi connectivity index (χ1n) is 19.3. The standard InChI is InChI=1S/2C20H30O5/c2*1-9-7-19-8-12(21)20(24)14(13-16(25-13)17(20,2)3)18(4,23)11(19)6-5-10(9)15(19)22/h2*7,10-16,21-24H,5-6,8H2,1-4H3/t2*10-,11-,12+,13-,14-,15+,16-,18+,19+,20+/m00/s1. The number of hydrogen-bond donors (Lipinski definition) is 8. The SMILES string of the molecule is CC1=C[C@@]23C[C@@H](O)[C@@]4(O)[C@@H]([C@@H]5O[C@@H]5C4(C)C)[C@](C)(O)[C@@H]2CC[C@@H]1[C@H]3O.CC1=C[C@@]23C[C@@H](O)[C@@]4(O)[C@@H]([C@@H]5O[C@@H]5C4(C)C)[C@](C)(O)[C@@H]2CC[C@@H]1[C@H]3O. The van der Waals surface area contributed by atoms with Crippen LogP contribution in [0.2, 0.25) is 0 Å². The van der Waals surface area contributed by atoms with Crippen LogP contribution in [0.3, 0.4) is 0 Å². The fourth-order valence-electron chi connectivity index (χ4n) is 15.3. The van der Waals surface area contributed by atoms with E-state index >= 15 is 0 Å². The molecule has 6 saturated carbocycles. The Morgan fingerprint density at radius 3 is 1.24 bits per heavy atom. The summed E-state index contributed by atoms with van der Waals surface area (Å²) in [6, 6.07) is 0. The van der Waals surface area contributed by atoms with E-state index in [1.54, 1.807) is 13.8 Å². The first-order chi connectivity index (χ1) is 23.0. The molecule has 280 valence electrons. The Morgan fingerprint density at radius 1 is 0.560 bits per heavy atom. The summed E-state index contributed by atoms with van der Waals surface area (Å²) in [6.07, 6.45) is 4.13. The van der Waals surface area contributed by atoms with E-state index in [0.29, 0.717) is 12.8 Å². The van der Waals surface area contributed by atoms with Gasteiger partial charge in [-0.15, -0.1) is 0 Å². The van der Waals surface area contributed by atoms with E-state index in [1.165, 1.54) is 0 Å². The van der Waals surface area contributed by atoms with E-state index in [2.05, 4.69) is 12.2 Å². The minimum atomic E-state index is -1.42. The van der Waals surface area contributed by atoms with Gasteiger partial charge in [0.2, 0.25) is 0 Å². The van der Waals surface area contributed by atoms with Gasteiger partial charge in [0.15, 0.2) is 0 Å². The number of aliphatic hydroxyl groups is 8. The summed E-state index contributed by atoms with van der Waals surface area (Å²) in [5, 5.41) is 91.7. The van der Waals surface area contributed by atoms with Crippen LogP contribution in [0, 0.1) is 57.2 Å². The highest BCUT2D eigenvalue weighted by Gasteiger charge is 2.83. The van der Waals surface area contributed by atoms with Crippen LogP contribution in [0.15, 0.2) is 23.3 Å². The van der Waals surface area contributed by atoms with Crippen LogP contribution in [0.25, 0.3) is 0 Å². The summed E-state index contributed by atoms with van der Waals surface area (Å²) < 4.78 is 11.7. The number of aliphatic hydroxyl groups excluding tert-OH is 4. The molecule has 0 unspecified atom stereocenters. The van der Waals surface area contributed by atoms with Gasteiger partial charge in [0, 0.05) is 45.3 Å². The van der Waals surface area contributed by atoms with Crippen molar-refractivity contribution in [1.29, 1.82) is 0 Å². The van der Waals surface area contributed by atoms with Gasteiger partial charge in [-0.25, -0.2) is 0 Å². The molecule has 10 nitrogen and oxygen atoms in total. The molecule has 0 aromatic carbocycles. The Hall–Kier alpha value is -0.920. The van der Waals surface area contributed by atoms with Gasteiger partial charge >= 0.3 is 0 Å². The second-order valence-corrected chi connectivity index (χ2v) is 20.3. The van der Waals surface area contributed by atoms with Crippen LogP contribution in [0.1, 0.15) is 93.9 Å². The molecule has 10 heteroatoms. The van der Waals surface area contributed by atoms with Crippen LogP contribution < -0.4 is 0 Å². The van der Waals surface area contributed by atoms with Crippen molar-refractivity contribution in [3.8, 4) is 0 Å². The quantitative estimate of drug-likeness (QED) is 0.137. The highest BCUT2D eigenvalue weighted by atomic mass is 16.6. The van der Waals surface area contributed by atoms with E-state index in [4.69, 9.17) is 9.47 Å². The Balaban J connectivity index is 0.000000135.